The third kappa shape index (κ3) is 1.95. The van der Waals surface area contributed by atoms with Crippen molar-refractivity contribution >= 4 is 0 Å². The van der Waals surface area contributed by atoms with Crippen molar-refractivity contribution in [3.63, 3.8) is 0 Å². The summed E-state index contributed by atoms with van der Waals surface area (Å²) in [5.41, 5.74) is -0.761. The van der Waals surface area contributed by atoms with Crippen LogP contribution in [0.4, 0.5) is 0 Å². The first-order valence-electron chi connectivity index (χ1n) is 5.50. The molecule has 3 nitrogen and oxygen atoms in total. The van der Waals surface area contributed by atoms with Crippen molar-refractivity contribution in [2.45, 2.75) is 45.3 Å². The van der Waals surface area contributed by atoms with E-state index in [1.807, 2.05) is 27.7 Å². The molecule has 0 aromatic carbocycles. The molecule has 0 aromatic heterocycles. The van der Waals surface area contributed by atoms with Crippen LogP contribution in [0.3, 0.4) is 0 Å². The first-order valence-corrected chi connectivity index (χ1v) is 5.50. The van der Waals surface area contributed by atoms with Crippen molar-refractivity contribution < 1.29 is 14.6 Å². The highest BCUT2D eigenvalue weighted by atomic mass is 16.6. The highest BCUT2D eigenvalue weighted by Crippen LogP contribution is 2.41. The number of hydrogen-bond donors (Lipinski definition) is 1. The summed E-state index contributed by atoms with van der Waals surface area (Å²) in [7, 11) is 0. The molecule has 0 aliphatic carbocycles. The third-order valence-electron chi connectivity index (χ3n) is 3.06. The maximum Gasteiger partial charge on any atom is 0.118 e. The van der Waals surface area contributed by atoms with Gasteiger partial charge >= 0.3 is 0 Å². The molecule has 84 valence electrons. The molecule has 1 spiro atoms. The molecule has 2 fully saturated rings. The fourth-order valence-corrected chi connectivity index (χ4v) is 1.82. The predicted molar refractivity (Wildman–Crippen MR) is 55.3 cm³/mol. The number of rotatable bonds is 1. The molecule has 2 aliphatic rings. The van der Waals surface area contributed by atoms with Crippen LogP contribution in [0.25, 0.3) is 0 Å². The summed E-state index contributed by atoms with van der Waals surface area (Å²) in [6.07, 6.45) is 0.734. The molecule has 2 rings (SSSR count). The van der Waals surface area contributed by atoms with Crippen molar-refractivity contribution in [2.75, 3.05) is 19.8 Å². The summed E-state index contributed by atoms with van der Waals surface area (Å²) < 4.78 is 10.7. The van der Waals surface area contributed by atoms with E-state index in [4.69, 9.17) is 9.47 Å². The lowest BCUT2D eigenvalue weighted by Gasteiger charge is -2.37. The van der Waals surface area contributed by atoms with E-state index in [0.29, 0.717) is 19.8 Å². The van der Waals surface area contributed by atoms with Gasteiger partial charge in [0.2, 0.25) is 0 Å². The minimum absolute atomic E-state index is 0.140. The molecule has 0 aromatic rings. The van der Waals surface area contributed by atoms with E-state index >= 15 is 0 Å². The van der Waals surface area contributed by atoms with Crippen molar-refractivity contribution in [1.29, 1.82) is 0 Å². The SMILES string of the molecule is CC.CC(C)C1(O)COC2(COC2)C1. The summed E-state index contributed by atoms with van der Waals surface area (Å²) in [6, 6.07) is 0. The topological polar surface area (TPSA) is 38.7 Å². The molecule has 0 amide bonds. The van der Waals surface area contributed by atoms with Crippen LogP contribution in [0.2, 0.25) is 0 Å². The van der Waals surface area contributed by atoms with E-state index in [1.165, 1.54) is 0 Å². The van der Waals surface area contributed by atoms with Gasteiger partial charge in [-0.15, -0.1) is 0 Å². The molecule has 2 saturated heterocycles. The van der Waals surface area contributed by atoms with Crippen LogP contribution in [-0.2, 0) is 9.47 Å². The van der Waals surface area contributed by atoms with Gasteiger partial charge in [-0.2, -0.15) is 0 Å². The van der Waals surface area contributed by atoms with Crippen LogP contribution in [0.5, 0.6) is 0 Å². The standard InChI is InChI=1S/C9H16O3.C2H6/c1-7(2)9(10)3-8(12-6-9)4-11-5-8;1-2/h7,10H,3-6H2,1-2H3;1-2H3. The number of ether oxygens (including phenoxy) is 2. The summed E-state index contributed by atoms with van der Waals surface area (Å²) >= 11 is 0. The van der Waals surface area contributed by atoms with Crippen molar-refractivity contribution in [3.05, 3.63) is 0 Å². The van der Waals surface area contributed by atoms with Gasteiger partial charge in [0, 0.05) is 6.42 Å². The Labute approximate surface area is 86.4 Å². The minimum Gasteiger partial charge on any atom is -0.387 e. The molecule has 1 atom stereocenters. The average Bonchev–Trinajstić information content (AvgIpc) is 2.48. The molecular formula is C11H22O3. The van der Waals surface area contributed by atoms with E-state index in [1.54, 1.807) is 0 Å². The number of aliphatic hydroxyl groups is 1. The summed E-state index contributed by atoms with van der Waals surface area (Å²) in [4.78, 5) is 0. The zero-order chi connectivity index (χ0) is 10.8. The highest BCUT2D eigenvalue weighted by molar-refractivity contribution is 5.02. The Kier molecular flexibility index (Phi) is 3.56. The van der Waals surface area contributed by atoms with Crippen molar-refractivity contribution in [1.82, 2.24) is 0 Å². The van der Waals surface area contributed by atoms with Crippen molar-refractivity contribution in [3.8, 4) is 0 Å². The van der Waals surface area contributed by atoms with Gasteiger partial charge in [-0.3, -0.25) is 0 Å². The molecule has 2 heterocycles. The molecule has 14 heavy (non-hydrogen) atoms. The highest BCUT2D eigenvalue weighted by Gasteiger charge is 2.54. The van der Waals surface area contributed by atoms with E-state index < -0.39 is 5.60 Å². The normalized spacial score (nSPS) is 33.9. The molecule has 0 radical (unpaired) electrons. The third-order valence-corrected chi connectivity index (χ3v) is 3.06. The fourth-order valence-electron chi connectivity index (χ4n) is 1.82. The Hall–Kier alpha value is -0.120. The van der Waals surface area contributed by atoms with Gasteiger partial charge in [0.1, 0.15) is 5.60 Å². The van der Waals surface area contributed by atoms with Gasteiger partial charge in [-0.05, 0) is 5.92 Å². The van der Waals surface area contributed by atoms with E-state index in [0.717, 1.165) is 6.42 Å². The van der Waals surface area contributed by atoms with Gasteiger partial charge in [0.05, 0.1) is 25.4 Å². The van der Waals surface area contributed by atoms with Crippen LogP contribution in [-0.4, -0.2) is 36.1 Å². The maximum atomic E-state index is 10.1. The summed E-state index contributed by atoms with van der Waals surface area (Å²) in [6.45, 7) is 9.84. The van der Waals surface area contributed by atoms with Crippen LogP contribution >= 0.6 is 0 Å². The molecule has 0 saturated carbocycles. The molecule has 3 heteroatoms. The van der Waals surface area contributed by atoms with Gasteiger partial charge in [0.25, 0.3) is 0 Å². The van der Waals surface area contributed by atoms with Gasteiger partial charge < -0.3 is 14.6 Å². The van der Waals surface area contributed by atoms with Crippen LogP contribution in [0, 0.1) is 5.92 Å². The molecular weight excluding hydrogens is 180 g/mol. The Bertz CT molecular complexity index is 187. The maximum absolute atomic E-state index is 10.1. The second-order valence-corrected chi connectivity index (χ2v) is 4.40. The first kappa shape index (κ1) is 12.0. The second kappa shape index (κ2) is 4.17. The Morgan fingerprint density at radius 3 is 1.93 bits per heavy atom. The first-order chi connectivity index (χ1) is 6.56. The van der Waals surface area contributed by atoms with Crippen LogP contribution < -0.4 is 0 Å². The van der Waals surface area contributed by atoms with Crippen LogP contribution in [0.1, 0.15) is 34.1 Å². The summed E-state index contributed by atoms with van der Waals surface area (Å²) in [5, 5.41) is 10.1. The predicted octanol–water partition coefficient (Wildman–Crippen LogP) is 1.59. The van der Waals surface area contributed by atoms with Gasteiger partial charge in [-0.25, -0.2) is 0 Å². The smallest absolute Gasteiger partial charge is 0.118 e. The average molecular weight is 202 g/mol. The molecule has 2 aliphatic heterocycles. The molecule has 1 N–H and O–H groups in total. The lowest BCUT2D eigenvalue weighted by Crippen LogP contribution is -2.50. The Balaban J connectivity index is 0.000000461. The lowest BCUT2D eigenvalue weighted by molar-refractivity contribution is -0.184. The Morgan fingerprint density at radius 2 is 1.71 bits per heavy atom. The van der Waals surface area contributed by atoms with E-state index in [-0.39, 0.29) is 11.5 Å². The lowest BCUT2D eigenvalue weighted by atomic mass is 9.82. The van der Waals surface area contributed by atoms with Gasteiger partial charge in [0.15, 0.2) is 0 Å². The van der Waals surface area contributed by atoms with E-state index in [2.05, 4.69) is 0 Å². The number of hydrogen-bond acceptors (Lipinski definition) is 3. The van der Waals surface area contributed by atoms with Crippen LogP contribution in [0.15, 0.2) is 0 Å². The zero-order valence-corrected chi connectivity index (χ0v) is 9.67. The minimum atomic E-state index is -0.621. The van der Waals surface area contributed by atoms with E-state index in [9.17, 15) is 5.11 Å². The fraction of sp³-hybridized carbons (Fsp3) is 1.00. The quantitative estimate of drug-likeness (QED) is 0.701. The molecule has 0 bridgehead atoms. The molecule has 1 unspecified atom stereocenters. The largest absolute Gasteiger partial charge is 0.387 e. The monoisotopic (exact) mass is 202 g/mol. The zero-order valence-electron chi connectivity index (χ0n) is 9.67. The second-order valence-electron chi connectivity index (χ2n) is 4.40. The van der Waals surface area contributed by atoms with Gasteiger partial charge in [-0.1, -0.05) is 27.7 Å². The Morgan fingerprint density at radius 1 is 1.14 bits per heavy atom. The van der Waals surface area contributed by atoms with Crippen molar-refractivity contribution in [2.24, 2.45) is 5.92 Å². The summed E-state index contributed by atoms with van der Waals surface area (Å²) in [5.74, 6) is 0.262.